The minimum Gasteiger partial charge on any atom is -0.495 e. The first kappa shape index (κ1) is 16.4. The number of benzene rings is 2. The molecule has 1 amide bonds. The van der Waals surface area contributed by atoms with Crippen molar-refractivity contribution in [2.75, 3.05) is 19.0 Å². The van der Waals surface area contributed by atoms with Crippen molar-refractivity contribution in [3.63, 3.8) is 0 Å². The summed E-state index contributed by atoms with van der Waals surface area (Å²) in [5.41, 5.74) is 0.692. The lowest BCUT2D eigenvalue weighted by atomic mass is 10.1. The smallest absolute Gasteiger partial charge is 0.358 e. The van der Waals surface area contributed by atoms with Gasteiger partial charge in [0, 0.05) is 11.6 Å². The van der Waals surface area contributed by atoms with E-state index >= 15 is 0 Å². The first-order valence-electron chi connectivity index (χ1n) is 7.63. The number of carbonyl (C=O) groups excluding carboxylic acids is 2. The Labute approximate surface area is 144 Å². The Morgan fingerprint density at radius 3 is 2.64 bits per heavy atom. The van der Waals surface area contributed by atoms with Crippen LogP contribution < -0.4 is 10.1 Å². The fourth-order valence-corrected chi connectivity index (χ4v) is 2.42. The molecular weight excluding hydrogens is 320 g/mol. The highest BCUT2D eigenvalue weighted by molar-refractivity contribution is 6.03. The molecule has 0 fully saturated rings. The van der Waals surface area contributed by atoms with Gasteiger partial charge in [0.15, 0.2) is 12.3 Å². The zero-order valence-electron chi connectivity index (χ0n) is 13.6. The fraction of sp³-hybridized carbons (Fsp3) is 0.105. The fourth-order valence-electron chi connectivity index (χ4n) is 2.42. The van der Waals surface area contributed by atoms with E-state index in [1.807, 2.05) is 18.2 Å². The molecule has 2 aromatic carbocycles. The normalized spacial score (nSPS) is 10.3. The van der Waals surface area contributed by atoms with E-state index in [1.54, 1.807) is 36.4 Å². The number of esters is 1. The number of nitrogens with zero attached hydrogens (tertiary/aromatic N) is 1. The van der Waals surface area contributed by atoms with E-state index in [4.69, 9.17) is 9.47 Å². The van der Waals surface area contributed by atoms with Crippen LogP contribution in [0.5, 0.6) is 5.75 Å². The summed E-state index contributed by atoms with van der Waals surface area (Å²) >= 11 is 0. The van der Waals surface area contributed by atoms with E-state index in [2.05, 4.69) is 10.3 Å². The average molecular weight is 336 g/mol. The third kappa shape index (κ3) is 3.74. The molecule has 0 unspecified atom stereocenters. The maximum atomic E-state index is 12.2. The van der Waals surface area contributed by atoms with Gasteiger partial charge in [0.25, 0.3) is 5.91 Å². The molecular formula is C19H16N2O4. The van der Waals surface area contributed by atoms with Crippen molar-refractivity contribution in [2.24, 2.45) is 0 Å². The van der Waals surface area contributed by atoms with Gasteiger partial charge in [-0.3, -0.25) is 4.79 Å². The topological polar surface area (TPSA) is 77.5 Å². The third-order valence-corrected chi connectivity index (χ3v) is 3.58. The summed E-state index contributed by atoms with van der Waals surface area (Å²) in [4.78, 5) is 28.3. The summed E-state index contributed by atoms with van der Waals surface area (Å²) in [7, 11) is 1.51. The molecule has 6 heteroatoms. The van der Waals surface area contributed by atoms with Gasteiger partial charge in [-0.2, -0.15) is 0 Å². The molecule has 1 heterocycles. The number of hydrogen-bond acceptors (Lipinski definition) is 5. The van der Waals surface area contributed by atoms with Crippen molar-refractivity contribution in [1.82, 2.24) is 4.98 Å². The molecule has 0 aliphatic carbocycles. The zero-order valence-corrected chi connectivity index (χ0v) is 13.6. The van der Waals surface area contributed by atoms with Gasteiger partial charge in [0.1, 0.15) is 5.75 Å². The molecule has 0 atom stereocenters. The van der Waals surface area contributed by atoms with Crippen molar-refractivity contribution < 1.29 is 19.1 Å². The van der Waals surface area contributed by atoms with Gasteiger partial charge in [0.05, 0.1) is 12.8 Å². The second-order valence-electron chi connectivity index (χ2n) is 5.21. The van der Waals surface area contributed by atoms with Crippen molar-refractivity contribution in [2.45, 2.75) is 0 Å². The Morgan fingerprint density at radius 2 is 1.80 bits per heavy atom. The van der Waals surface area contributed by atoms with Crippen LogP contribution in [0.3, 0.4) is 0 Å². The van der Waals surface area contributed by atoms with E-state index in [0.717, 1.165) is 5.39 Å². The molecule has 0 bridgehead atoms. The first-order valence-corrected chi connectivity index (χ1v) is 7.63. The van der Waals surface area contributed by atoms with Crippen LogP contribution in [-0.4, -0.2) is 30.6 Å². The quantitative estimate of drug-likeness (QED) is 0.725. The number of fused-ring (bicyclic) bond motifs is 1. The van der Waals surface area contributed by atoms with E-state index < -0.39 is 18.5 Å². The predicted molar refractivity (Wildman–Crippen MR) is 93.6 cm³/mol. The number of pyridine rings is 1. The Balaban J connectivity index is 1.66. The molecule has 126 valence electrons. The maximum absolute atomic E-state index is 12.2. The SMILES string of the molecule is COc1ccccc1NC(=O)COC(=O)c1nccc2ccccc12. The number of aromatic nitrogens is 1. The van der Waals surface area contributed by atoms with Gasteiger partial charge in [-0.05, 0) is 23.6 Å². The number of carbonyl (C=O) groups is 2. The Kier molecular flexibility index (Phi) is 4.89. The monoisotopic (exact) mass is 336 g/mol. The minimum absolute atomic E-state index is 0.184. The average Bonchev–Trinajstić information content (AvgIpc) is 2.66. The minimum atomic E-state index is -0.646. The van der Waals surface area contributed by atoms with Crippen molar-refractivity contribution in [3.8, 4) is 5.75 Å². The van der Waals surface area contributed by atoms with Gasteiger partial charge < -0.3 is 14.8 Å². The molecule has 0 radical (unpaired) electrons. The van der Waals surface area contributed by atoms with Gasteiger partial charge in [0.2, 0.25) is 0 Å². The largest absolute Gasteiger partial charge is 0.495 e. The van der Waals surface area contributed by atoms with E-state index in [1.165, 1.54) is 13.3 Å². The number of nitrogens with one attached hydrogen (secondary N) is 1. The first-order chi connectivity index (χ1) is 12.2. The molecule has 3 aromatic rings. The summed E-state index contributed by atoms with van der Waals surface area (Å²) in [6.07, 6.45) is 1.54. The van der Waals surface area contributed by atoms with Crippen LogP contribution in [0.1, 0.15) is 10.5 Å². The highest BCUT2D eigenvalue weighted by Crippen LogP contribution is 2.23. The molecule has 0 spiro atoms. The molecule has 1 N–H and O–H groups in total. The van der Waals surface area contributed by atoms with Gasteiger partial charge in [-0.25, -0.2) is 9.78 Å². The number of rotatable bonds is 5. The van der Waals surface area contributed by atoms with Gasteiger partial charge in [-0.15, -0.1) is 0 Å². The number of anilines is 1. The second kappa shape index (κ2) is 7.44. The lowest BCUT2D eigenvalue weighted by Crippen LogP contribution is -2.21. The third-order valence-electron chi connectivity index (χ3n) is 3.58. The van der Waals surface area contributed by atoms with Gasteiger partial charge in [-0.1, -0.05) is 36.4 Å². The summed E-state index contributed by atoms with van der Waals surface area (Å²) < 4.78 is 10.2. The molecule has 6 nitrogen and oxygen atoms in total. The molecule has 0 saturated heterocycles. The number of hydrogen-bond donors (Lipinski definition) is 1. The standard InChI is InChI=1S/C19H16N2O4/c1-24-16-9-5-4-8-15(16)21-17(22)12-25-19(23)18-14-7-3-2-6-13(14)10-11-20-18/h2-11H,12H2,1H3,(H,21,22). The Morgan fingerprint density at radius 1 is 1.04 bits per heavy atom. The molecule has 0 saturated carbocycles. The van der Waals surface area contributed by atoms with Crippen LogP contribution in [0.2, 0.25) is 0 Å². The molecule has 0 aliphatic rings. The number of ether oxygens (including phenoxy) is 2. The summed E-state index contributed by atoms with van der Waals surface area (Å²) in [6, 6.07) is 16.1. The Bertz CT molecular complexity index is 919. The number of methoxy groups -OCH3 is 1. The van der Waals surface area contributed by atoms with Crippen LogP contribution in [0.25, 0.3) is 10.8 Å². The summed E-state index contributed by atoms with van der Waals surface area (Å²) in [5.74, 6) is -0.581. The highest BCUT2D eigenvalue weighted by atomic mass is 16.5. The molecule has 3 rings (SSSR count). The number of amides is 1. The molecule has 0 aliphatic heterocycles. The second-order valence-corrected chi connectivity index (χ2v) is 5.21. The van der Waals surface area contributed by atoms with E-state index in [0.29, 0.717) is 16.8 Å². The maximum Gasteiger partial charge on any atom is 0.358 e. The molecule has 1 aromatic heterocycles. The van der Waals surface area contributed by atoms with E-state index in [9.17, 15) is 9.59 Å². The van der Waals surface area contributed by atoms with E-state index in [-0.39, 0.29) is 5.69 Å². The van der Waals surface area contributed by atoms with Crippen LogP contribution in [0.4, 0.5) is 5.69 Å². The molecule has 25 heavy (non-hydrogen) atoms. The van der Waals surface area contributed by atoms with Crippen LogP contribution in [0.15, 0.2) is 60.8 Å². The van der Waals surface area contributed by atoms with Gasteiger partial charge >= 0.3 is 5.97 Å². The number of para-hydroxylation sites is 2. The lowest BCUT2D eigenvalue weighted by molar-refractivity contribution is -0.119. The van der Waals surface area contributed by atoms with Crippen molar-refractivity contribution in [1.29, 1.82) is 0 Å². The Hall–Kier alpha value is -3.41. The van der Waals surface area contributed by atoms with Crippen LogP contribution in [0, 0.1) is 0 Å². The summed E-state index contributed by atoms with van der Waals surface area (Å²) in [6.45, 7) is -0.415. The highest BCUT2D eigenvalue weighted by Gasteiger charge is 2.15. The zero-order chi connectivity index (χ0) is 17.6. The van der Waals surface area contributed by atoms with Crippen LogP contribution in [-0.2, 0) is 9.53 Å². The lowest BCUT2D eigenvalue weighted by Gasteiger charge is -2.10. The van der Waals surface area contributed by atoms with Crippen LogP contribution >= 0.6 is 0 Å². The van der Waals surface area contributed by atoms with Crippen molar-refractivity contribution >= 4 is 28.3 Å². The summed E-state index contributed by atoms with van der Waals surface area (Å²) in [5, 5.41) is 4.20. The van der Waals surface area contributed by atoms with Crippen molar-refractivity contribution in [3.05, 3.63) is 66.5 Å². The predicted octanol–water partition coefficient (Wildman–Crippen LogP) is 3.04.